The van der Waals surface area contributed by atoms with Crippen molar-refractivity contribution in [3.05, 3.63) is 34.6 Å². The Morgan fingerprint density at radius 1 is 1.56 bits per heavy atom. The van der Waals surface area contributed by atoms with Crippen LogP contribution in [0, 0.1) is 11.7 Å². The molecule has 2 nitrogen and oxygen atoms in total. The first-order chi connectivity index (χ1) is 7.52. The molecule has 5 heteroatoms. The molecule has 1 aromatic rings. The highest BCUT2D eigenvalue weighted by Crippen LogP contribution is 2.16. The summed E-state index contributed by atoms with van der Waals surface area (Å²) in [5.41, 5.74) is 5.84. The zero-order chi connectivity index (χ0) is 12.1. The van der Waals surface area contributed by atoms with Crippen LogP contribution in [-0.4, -0.2) is 16.5 Å². The van der Waals surface area contributed by atoms with E-state index in [4.69, 9.17) is 17.3 Å². The van der Waals surface area contributed by atoms with E-state index in [2.05, 4.69) is 0 Å². The lowest BCUT2D eigenvalue weighted by Gasteiger charge is -2.08. The summed E-state index contributed by atoms with van der Waals surface area (Å²) in [6.07, 6.45) is 0. The summed E-state index contributed by atoms with van der Waals surface area (Å²) in [7, 11) is -1.10. The fourth-order valence-electron chi connectivity index (χ4n) is 1.27. The zero-order valence-corrected chi connectivity index (χ0v) is 10.7. The van der Waals surface area contributed by atoms with Crippen LogP contribution in [0.25, 0.3) is 0 Å². The Balaban J connectivity index is 2.65. The second-order valence-electron chi connectivity index (χ2n) is 3.83. The summed E-state index contributed by atoms with van der Waals surface area (Å²) < 4.78 is 25.0. The topological polar surface area (TPSA) is 43.1 Å². The van der Waals surface area contributed by atoms with Crippen molar-refractivity contribution in [1.29, 1.82) is 0 Å². The highest BCUT2D eigenvalue weighted by Gasteiger charge is 2.10. The van der Waals surface area contributed by atoms with Gasteiger partial charge in [-0.1, -0.05) is 18.5 Å². The molecule has 0 fully saturated rings. The predicted molar refractivity (Wildman–Crippen MR) is 66.3 cm³/mol. The fraction of sp³-hybridized carbons (Fsp3) is 0.455. The van der Waals surface area contributed by atoms with Crippen molar-refractivity contribution in [2.75, 3.05) is 12.3 Å². The van der Waals surface area contributed by atoms with E-state index in [9.17, 15) is 8.60 Å². The van der Waals surface area contributed by atoms with E-state index in [-0.39, 0.29) is 17.5 Å². The predicted octanol–water partition coefficient (Wildman–Crippen LogP) is 2.32. The molecule has 0 aromatic heterocycles. The maximum Gasteiger partial charge on any atom is 0.127 e. The smallest absolute Gasteiger partial charge is 0.127 e. The van der Waals surface area contributed by atoms with Crippen molar-refractivity contribution in [3.8, 4) is 0 Å². The van der Waals surface area contributed by atoms with Gasteiger partial charge in [-0.25, -0.2) is 4.39 Å². The minimum absolute atomic E-state index is 0.183. The second kappa shape index (κ2) is 6.33. The van der Waals surface area contributed by atoms with Gasteiger partial charge in [0, 0.05) is 27.1 Å². The summed E-state index contributed by atoms with van der Waals surface area (Å²) in [6, 6.07) is 4.29. The van der Waals surface area contributed by atoms with Crippen LogP contribution in [0.3, 0.4) is 0 Å². The van der Waals surface area contributed by atoms with Crippen LogP contribution in [0.5, 0.6) is 0 Å². The Kier molecular flexibility index (Phi) is 5.38. The summed E-state index contributed by atoms with van der Waals surface area (Å²) in [5, 5.41) is 0.459. The molecule has 0 aliphatic heterocycles. The van der Waals surface area contributed by atoms with Gasteiger partial charge in [0.15, 0.2) is 0 Å². The van der Waals surface area contributed by atoms with Crippen LogP contribution >= 0.6 is 11.6 Å². The number of hydrogen-bond acceptors (Lipinski definition) is 2. The fourth-order valence-corrected chi connectivity index (χ4v) is 2.92. The Hall–Kier alpha value is -0.450. The molecular formula is C11H15ClFNOS. The maximum atomic E-state index is 13.3. The van der Waals surface area contributed by atoms with Gasteiger partial charge in [0.05, 0.1) is 5.75 Å². The number of rotatable bonds is 5. The van der Waals surface area contributed by atoms with Crippen LogP contribution in [0.15, 0.2) is 18.2 Å². The van der Waals surface area contributed by atoms with Crippen molar-refractivity contribution in [1.82, 2.24) is 0 Å². The Morgan fingerprint density at radius 3 is 2.88 bits per heavy atom. The molecule has 0 aliphatic rings. The first-order valence-corrected chi connectivity index (χ1v) is 6.88. The van der Waals surface area contributed by atoms with Gasteiger partial charge < -0.3 is 5.73 Å². The molecule has 1 rings (SSSR count). The SMILES string of the molecule is CC(CN)CS(=O)Cc1cc(Cl)ccc1F. The van der Waals surface area contributed by atoms with E-state index < -0.39 is 10.8 Å². The Bertz CT molecular complexity index is 386. The highest BCUT2D eigenvalue weighted by molar-refractivity contribution is 7.84. The van der Waals surface area contributed by atoms with Gasteiger partial charge in [-0.3, -0.25) is 4.21 Å². The van der Waals surface area contributed by atoms with Crippen LogP contribution in [0.2, 0.25) is 5.02 Å². The van der Waals surface area contributed by atoms with Gasteiger partial charge >= 0.3 is 0 Å². The van der Waals surface area contributed by atoms with Crippen molar-refractivity contribution in [3.63, 3.8) is 0 Å². The summed E-state index contributed by atoms with van der Waals surface area (Å²) in [5.74, 6) is 0.500. The number of benzene rings is 1. The van der Waals surface area contributed by atoms with Crippen LogP contribution < -0.4 is 5.73 Å². The third-order valence-electron chi connectivity index (χ3n) is 2.20. The number of hydrogen-bond donors (Lipinski definition) is 1. The molecule has 2 N–H and O–H groups in total. The monoisotopic (exact) mass is 263 g/mol. The molecule has 0 saturated heterocycles. The first-order valence-electron chi connectivity index (χ1n) is 5.02. The molecule has 1 aromatic carbocycles. The third kappa shape index (κ3) is 4.20. The average molecular weight is 264 g/mol. The van der Waals surface area contributed by atoms with Crippen molar-refractivity contribution < 1.29 is 8.60 Å². The van der Waals surface area contributed by atoms with Gasteiger partial charge in [-0.2, -0.15) is 0 Å². The van der Waals surface area contributed by atoms with Gasteiger partial charge in [-0.05, 0) is 30.7 Å². The molecular weight excluding hydrogens is 249 g/mol. The summed E-state index contributed by atoms with van der Waals surface area (Å²) in [6.45, 7) is 2.41. The standard InChI is InChI=1S/C11H15ClFNOS/c1-8(5-14)6-16(15)7-9-4-10(12)2-3-11(9)13/h2-4,8H,5-7,14H2,1H3. The largest absolute Gasteiger partial charge is 0.330 e. The lowest BCUT2D eigenvalue weighted by molar-refractivity contribution is 0.612. The van der Waals surface area contributed by atoms with Crippen molar-refractivity contribution in [2.45, 2.75) is 12.7 Å². The minimum Gasteiger partial charge on any atom is -0.330 e. The van der Waals surface area contributed by atoms with Crippen molar-refractivity contribution >= 4 is 22.4 Å². The van der Waals surface area contributed by atoms with E-state index in [0.29, 0.717) is 22.9 Å². The van der Waals surface area contributed by atoms with Gasteiger partial charge in [0.1, 0.15) is 5.82 Å². The molecule has 2 unspecified atom stereocenters. The van der Waals surface area contributed by atoms with E-state index >= 15 is 0 Å². The maximum absolute atomic E-state index is 13.3. The highest BCUT2D eigenvalue weighted by atomic mass is 35.5. The quantitative estimate of drug-likeness (QED) is 0.886. The number of halogens is 2. The lowest BCUT2D eigenvalue weighted by atomic mass is 10.2. The van der Waals surface area contributed by atoms with E-state index in [1.54, 1.807) is 0 Å². The van der Waals surface area contributed by atoms with Crippen molar-refractivity contribution in [2.24, 2.45) is 11.7 Å². The van der Waals surface area contributed by atoms with Gasteiger partial charge in [0.2, 0.25) is 0 Å². The molecule has 0 aliphatic carbocycles. The second-order valence-corrected chi connectivity index (χ2v) is 5.77. The molecule has 90 valence electrons. The zero-order valence-electron chi connectivity index (χ0n) is 9.08. The van der Waals surface area contributed by atoms with Gasteiger partial charge in [-0.15, -0.1) is 0 Å². The molecule has 0 saturated carbocycles. The third-order valence-corrected chi connectivity index (χ3v) is 4.01. The first kappa shape index (κ1) is 13.6. The average Bonchev–Trinajstić information content (AvgIpc) is 2.23. The van der Waals surface area contributed by atoms with Crippen LogP contribution in [0.4, 0.5) is 4.39 Å². The Labute approximate surface area is 102 Å². The molecule has 0 bridgehead atoms. The Morgan fingerprint density at radius 2 is 2.25 bits per heavy atom. The minimum atomic E-state index is -1.10. The van der Waals surface area contributed by atoms with E-state index in [0.717, 1.165) is 0 Å². The van der Waals surface area contributed by atoms with E-state index in [1.165, 1.54) is 18.2 Å². The molecule has 16 heavy (non-hydrogen) atoms. The normalized spacial score (nSPS) is 14.8. The summed E-state index contributed by atoms with van der Waals surface area (Å²) in [4.78, 5) is 0. The van der Waals surface area contributed by atoms with Crippen LogP contribution in [-0.2, 0) is 16.6 Å². The lowest BCUT2D eigenvalue weighted by Crippen LogP contribution is -2.18. The van der Waals surface area contributed by atoms with E-state index in [1.807, 2.05) is 6.92 Å². The summed E-state index contributed by atoms with van der Waals surface area (Å²) >= 11 is 5.75. The molecule has 0 heterocycles. The molecule has 2 atom stereocenters. The number of nitrogens with two attached hydrogens (primary N) is 1. The molecule has 0 amide bonds. The molecule has 0 radical (unpaired) electrons. The molecule has 0 spiro atoms. The van der Waals surface area contributed by atoms with Gasteiger partial charge in [0.25, 0.3) is 0 Å². The van der Waals surface area contributed by atoms with Crippen LogP contribution in [0.1, 0.15) is 12.5 Å².